The third-order valence-electron chi connectivity index (χ3n) is 3.37. The molecule has 0 radical (unpaired) electrons. The Kier molecular flexibility index (Phi) is 5.95. The minimum absolute atomic E-state index is 0.0534. The van der Waals surface area contributed by atoms with Crippen LogP contribution in [0.4, 0.5) is 4.39 Å². The Bertz CT molecular complexity index is 402. The fourth-order valence-electron chi connectivity index (χ4n) is 2.48. The van der Waals surface area contributed by atoms with Gasteiger partial charge in [0.15, 0.2) is 0 Å². The summed E-state index contributed by atoms with van der Waals surface area (Å²) in [7, 11) is 0. The zero-order valence-corrected chi connectivity index (χ0v) is 12.8. The number of hydrogen-bond acceptors (Lipinski definition) is 2. The van der Waals surface area contributed by atoms with Gasteiger partial charge >= 0.3 is 0 Å². The molecule has 1 unspecified atom stereocenters. The Labute approximate surface area is 116 Å². The molecule has 0 aromatic heterocycles. The zero-order valence-electron chi connectivity index (χ0n) is 12.8. The third kappa shape index (κ3) is 4.29. The zero-order chi connectivity index (χ0) is 14.6. The van der Waals surface area contributed by atoms with Crippen LogP contribution in [0.5, 0.6) is 0 Å². The Morgan fingerprint density at radius 3 is 2.32 bits per heavy atom. The van der Waals surface area contributed by atoms with E-state index in [0.717, 1.165) is 17.7 Å². The molecule has 2 N–H and O–H groups in total. The lowest BCUT2D eigenvalue weighted by Gasteiger charge is -2.36. The van der Waals surface area contributed by atoms with Gasteiger partial charge in [-0.25, -0.2) is 4.39 Å². The summed E-state index contributed by atoms with van der Waals surface area (Å²) in [5.41, 5.74) is 7.72. The fourth-order valence-corrected chi connectivity index (χ4v) is 2.48. The highest BCUT2D eigenvalue weighted by Gasteiger charge is 2.24. The Hall–Kier alpha value is -0.930. The molecule has 0 saturated carbocycles. The van der Waals surface area contributed by atoms with Crippen molar-refractivity contribution in [3.63, 3.8) is 0 Å². The van der Waals surface area contributed by atoms with E-state index in [-0.39, 0.29) is 11.9 Å². The highest BCUT2D eigenvalue weighted by atomic mass is 19.1. The van der Waals surface area contributed by atoms with Crippen molar-refractivity contribution in [2.75, 3.05) is 13.1 Å². The average Bonchev–Trinajstić information content (AvgIpc) is 2.32. The van der Waals surface area contributed by atoms with E-state index in [1.807, 2.05) is 13.0 Å². The van der Waals surface area contributed by atoms with Crippen molar-refractivity contribution >= 4 is 0 Å². The van der Waals surface area contributed by atoms with Crippen LogP contribution in [0.1, 0.15) is 44.9 Å². The predicted octanol–water partition coefficient (Wildman–Crippen LogP) is 3.50. The van der Waals surface area contributed by atoms with Gasteiger partial charge in [-0.05, 0) is 32.8 Å². The van der Waals surface area contributed by atoms with E-state index in [2.05, 4.69) is 32.6 Å². The van der Waals surface area contributed by atoms with Crippen LogP contribution >= 0.6 is 0 Å². The summed E-state index contributed by atoms with van der Waals surface area (Å²) in [4.78, 5) is 2.29. The minimum atomic E-state index is -0.157. The first-order valence-electron chi connectivity index (χ1n) is 7.08. The van der Waals surface area contributed by atoms with Gasteiger partial charge in [0.1, 0.15) is 5.82 Å². The molecule has 108 valence electrons. The number of halogens is 1. The normalized spacial score (nSPS) is 13.6. The fraction of sp³-hybridized carbons (Fsp3) is 0.625. The van der Waals surface area contributed by atoms with Crippen molar-refractivity contribution in [1.82, 2.24) is 4.90 Å². The molecular weight excluding hydrogens is 239 g/mol. The van der Waals surface area contributed by atoms with Crippen LogP contribution in [0, 0.1) is 18.7 Å². The number of aryl methyl sites for hydroxylation is 1. The van der Waals surface area contributed by atoms with Crippen molar-refractivity contribution in [3.05, 3.63) is 35.1 Å². The number of rotatable bonds is 6. The second-order valence-corrected chi connectivity index (χ2v) is 5.96. The van der Waals surface area contributed by atoms with Crippen molar-refractivity contribution < 1.29 is 4.39 Å². The van der Waals surface area contributed by atoms with Crippen LogP contribution in [0.2, 0.25) is 0 Å². The molecule has 0 aliphatic carbocycles. The molecule has 19 heavy (non-hydrogen) atoms. The molecule has 0 bridgehead atoms. The van der Waals surface area contributed by atoms with Crippen LogP contribution in [0.25, 0.3) is 0 Å². The van der Waals surface area contributed by atoms with Gasteiger partial charge in [-0.1, -0.05) is 31.5 Å². The maximum Gasteiger partial charge on any atom is 0.128 e. The van der Waals surface area contributed by atoms with E-state index in [1.165, 1.54) is 0 Å². The maximum atomic E-state index is 14.1. The summed E-state index contributed by atoms with van der Waals surface area (Å²) in [6.07, 6.45) is 0. The molecule has 0 aliphatic rings. The molecule has 0 heterocycles. The highest BCUT2D eigenvalue weighted by molar-refractivity contribution is 5.27. The Balaban J connectivity index is 3.11. The molecule has 3 heteroatoms. The third-order valence-corrected chi connectivity index (χ3v) is 3.37. The van der Waals surface area contributed by atoms with Gasteiger partial charge in [0, 0.05) is 24.7 Å². The number of hydrogen-bond donors (Lipinski definition) is 1. The summed E-state index contributed by atoms with van der Waals surface area (Å²) in [6, 6.07) is 5.55. The Morgan fingerprint density at radius 1 is 1.21 bits per heavy atom. The van der Waals surface area contributed by atoms with E-state index < -0.39 is 0 Å². The van der Waals surface area contributed by atoms with E-state index in [1.54, 1.807) is 12.1 Å². The molecule has 0 aliphatic heterocycles. The van der Waals surface area contributed by atoms with Crippen LogP contribution in [0.3, 0.4) is 0 Å². The lowest BCUT2D eigenvalue weighted by Crippen LogP contribution is -2.41. The van der Waals surface area contributed by atoms with Crippen molar-refractivity contribution in [2.45, 2.75) is 46.7 Å². The first kappa shape index (κ1) is 16.1. The number of benzene rings is 1. The smallest absolute Gasteiger partial charge is 0.128 e. The molecular formula is C16H27FN2. The van der Waals surface area contributed by atoms with Crippen molar-refractivity contribution in [3.8, 4) is 0 Å². The minimum Gasteiger partial charge on any atom is -0.329 e. The molecule has 1 aromatic carbocycles. The lowest BCUT2D eigenvalue weighted by molar-refractivity contribution is 0.136. The summed E-state index contributed by atoms with van der Waals surface area (Å²) >= 11 is 0. The van der Waals surface area contributed by atoms with Crippen LogP contribution < -0.4 is 5.73 Å². The van der Waals surface area contributed by atoms with Gasteiger partial charge in [-0.3, -0.25) is 4.90 Å². The average molecular weight is 266 g/mol. The topological polar surface area (TPSA) is 29.3 Å². The molecule has 1 aromatic rings. The number of nitrogens with zero attached hydrogens (tertiary/aromatic N) is 1. The predicted molar refractivity (Wildman–Crippen MR) is 79.6 cm³/mol. The first-order chi connectivity index (χ1) is 8.86. The Morgan fingerprint density at radius 2 is 1.84 bits per heavy atom. The molecule has 0 saturated heterocycles. The summed E-state index contributed by atoms with van der Waals surface area (Å²) in [5.74, 6) is 0.375. The van der Waals surface area contributed by atoms with Gasteiger partial charge in [0.05, 0.1) is 6.04 Å². The number of nitrogens with two attached hydrogens (primary N) is 1. The van der Waals surface area contributed by atoms with E-state index in [9.17, 15) is 4.39 Å². The molecule has 1 rings (SSSR count). The van der Waals surface area contributed by atoms with Crippen molar-refractivity contribution in [1.29, 1.82) is 0 Å². The molecule has 0 spiro atoms. The maximum absolute atomic E-state index is 14.1. The van der Waals surface area contributed by atoms with Gasteiger partial charge in [0.25, 0.3) is 0 Å². The van der Waals surface area contributed by atoms with E-state index >= 15 is 0 Å². The largest absolute Gasteiger partial charge is 0.329 e. The van der Waals surface area contributed by atoms with Crippen molar-refractivity contribution in [2.24, 2.45) is 11.7 Å². The van der Waals surface area contributed by atoms with E-state index in [4.69, 9.17) is 5.73 Å². The standard InChI is InChI=1S/C16H27FN2/c1-11(2)10-19(12(3)4)16(9-18)14-8-13(5)6-7-15(14)17/h6-8,11-12,16H,9-10,18H2,1-5H3. The molecule has 0 fully saturated rings. The van der Waals surface area contributed by atoms with Crippen LogP contribution in [0.15, 0.2) is 18.2 Å². The summed E-state index contributed by atoms with van der Waals surface area (Å²) < 4.78 is 14.1. The summed E-state index contributed by atoms with van der Waals surface area (Å²) in [6.45, 7) is 12.0. The van der Waals surface area contributed by atoms with Gasteiger partial charge in [0.2, 0.25) is 0 Å². The molecule has 2 nitrogen and oxygen atoms in total. The quantitative estimate of drug-likeness (QED) is 0.854. The van der Waals surface area contributed by atoms with Crippen LogP contribution in [-0.4, -0.2) is 24.0 Å². The summed E-state index contributed by atoms with van der Waals surface area (Å²) in [5, 5.41) is 0. The van der Waals surface area contributed by atoms with Gasteiger partial charge in [-0.2, -0.15) is 0 Å². The second-order valence-electron chi connectivity index (χ2n) is 5.96. The SMILES string of the molecule is Cc1ccc(F)c(C(CN)N(CC(C)C)C(C)C)c1. The van der Waals surface area contributed by atoms with Crippen LogP contribution in [-0.2, 0) is 0 Å². The second kappa shape index (κ2) is 7.01. The highest BCUT2D eigenvalue weighted by Crippen LogP contribution is 2.26. The molecule has 1 atom stereocenters. The first-order valence-corrected chi connectivity index (χ1v) is 7.08. The van der Waals surface area contributed by atoms with Gasteiger partial charge < -0.3 is 5.73 Å². The lowest BCUT2D eigenvalue weighted by atomic mass is 9.99. The van der Waals surface area contributed by atoms with E-state index in [0.29, 0.717) is 18.5 Å². The monoisotopic (exact) mass is 266 g/mol. The molecule has 0 amide bonds. The van der Waals surface area contributed by atoms with Gasteiger partial charge in [-0.15, -0.1) is 0 Å².